The minimum atomic E-state index is -0.826. The summed E-state index contributed by atoms with van der Waals surface area (Å²) in [4.78, 5) is 19.0. The molecule has 0 unspecified atom stereocenters. The zero-order valence-corrected chi connectivity index (χ0v) is 8.63. The summed E-state index contributed by atoms with van der Waals surface area (Å²) in [5, 5.41) is 33.5. The molecule has 0 aromatic carbocycles. The maximum absolute atomic E-state index is 10.3. The van der Waals surface area contributed by atoms with Crippen LogP contribution in [0.1, 0.15) is 0 Å². The molecule has 0 fully saturated rings. The van der Waals surface area contributed by atoms with Crippen LogP contribution in [-0.2, 0) is 0 Å². The van der Waals surface area contributed by atoms with Crippen LogP contribution in [0.5, 0.6) is 0 Å². The molecule has 98 valence electrons. The third-order valence-corrected chi connectivity index (χ3v) is 1.48. The number of hydrogen-bond acceptors (Lipinski definition) is 12. The van der Waals surface area contributed by atoms with Crippen LogP contribution in [0.25, 0.3) is 0 Å². The van der Waals surface area contributed by atoms with Crippen molar-refractivity contribution in [1.29, 1.82) is 0 Å². The summed E-state index contributed by atoms with van der Waals surface area (Å²) in [6.07, 6.45) is 0. The van der Waals surface area contributed by atoms with Crippen LogP contribution in [0.15, 0.2) is 43.5 Å². The molecular weight excluding hydrogens is 252 g/mol. The van der Waals surface area contributed by atoms with Gasteiger partial charge in [0.15, 0.2) is 0 Å². The maximum Gasteiger partial charge on any atom is 0.423 e. The average molecular weight is 260 g/mol. The van der Waals surface area contributed by atoms with Gasteiger partial charge in [0.2, 0.25) is 11.4 Å². The Kier molecular flexibility index (Phi) is 5.79. The van der Waals surface area contributed by atoms with E-state index in [1.165, 1.54) is 0 Å². The number of azo groups is 2. The Morgan fingerprint density at radius 1 is 0.722 bits per heavy atom. The van der Waals surface area contributed by atoms with Gasteiger partial charge in [-0.05, 0) is 20.1 Å². The topological polar surface area (TPSA) is 240 Å². The highest BCUT2D eigenvalue weighted by atomic mass is 16.6. The molecule has 14 nitrogen and oxygen atoms in total. The van der Waals surface area contributed by atoms with Crippen molar-refractivity contribution in [3.63, 3.8) is 0 Å². The van der Waals surface area contributed by atoms with E-state index in [1.54, 1.807) is 0 Å². The van der Waals surface area contributed by atoms with E-state index < -0.39 is 21.5 Å². The first-order chi connectivity index (χ1) is 8.61. The van der Waals surface area contributed by atoms with E-state index >= 15 is 0 Å². The molecule has 2 rings (SSSR count). The van der Waals surface area contributed by atoms with E-state index in [1.807, 2.05) is 0 Å². The quantitative estimate of drug-likeness (QED) is 0.256. The molecule has 8 N–H and O–H groups in total. The number of fused-ring (bicyclic) bond motifs is 1. The van der Waals surface area contributed by atoms with Gasteiger partial charge in [-0.1, -0.05) is 0 Å². The van der Waals surface area contributed by atoms with Gasteiger partial charge in [0.1, 0.15) is 0 Å². The molecule has 18 heavy (non-hydrogen) atoms. The molecule has 0 saturated carbocycles. The third-order valence-electron chi connectivity index (χ3n) is 1.48. The van der Waals surface area contributed by atoms with Crippen LogP contribution >= 0.6 is 0 Å². The van der Waals surface area contributed by atoms with Gasteiger partial charge >= 0.3 is 11.6 Å². The molecule has 0 aliphatic carbocycles. The van der Waals surface area contributed by atoms with Crippen molar-refractivity contribution in [2.45, 2.75) is 0 Å². The Bertz CT molecular complexity index is 430. The van der Waals surface area contributed by atoms with Gasteiger partial charge < -0.3 is 20.2 Å². The Balaban J connectivity index is 0.000000659. The molecule has 0 bridgehead atoms. The fourth-order valence-corrected chi connectivity index (χ4v) is 0.931. The molecule has 0 aromatic heterocycles. The standard InChI is InChI=1S/C4N6O4.2H4N2/c11-9(12)3-1-2(6-7-3)4(8-5-1)10(13)14;2*1-2/h;2*1-2H2. The zero-order chi connectivity index (χ0) is 14.3. The summed E-state index contributed by atoms with van der Waals surface area (Å²) in [5.41, 5.74) is -0.525. The predicted molar refractivity (Wildman–Crippen MR) is 54.5 cm³/mol. The second-order valence-electron chi connectivity index (χ2n) is 2.26. The van der Waals surface area contributed by atoms with E-state index in [-0.39, 0.29) is 11.4 Å². The summed E-state index contributed by atoms with van der Waals surface area (Å²) in [6.45, 7) is 0. The molecule has 0 radical (unpaired) electrons. The number of hydrazine groups is 2. The van der Waals surface area contributed by atoms with Crippen molar-refractivity contribution in [1.82, 2.24) is 0 Å². The van der Waals surface area contributed by atoms with E-state index in [4.69, 9.17) is 0 Å². The van der Waals surface area contributed by atoms with Crippen LogP contribution in [-0.4, -0.2) is 9.85 Å². The molecule has 0 amide bonds. The van der Waals surface area contributed by atoms with Crippen molar-refractivity contribution in [2.75, 3.05) is 0 Å². The first-order valence-corrected chi connectivity index (χ1v) is 3.89. The summed E-state index contributed by atoms with van der Waals surface area (Å²) >= 11 is 0. The smallest absolute Gasteiger partial charge is 0.358 e. The van der Waals surface area contributed by atoms with Crippen molar-refractivity contribution < 1.29 is 9.85 Å². The van der Waals surface area contributed by atoms with Crippen molar-refractivity contribution in [3.8, 4) is 0 Å². The number of nitro groups is 2. The van der Waals surface area contributed by atoms with E-state index in [9.17, 15) is 20.2 Å². The fraction of sp³-hybridized carbons (Fsp3) is 0. The van der Waals surface area contributed by atoms with Crippen molar-refractivity contribution >= 4 is 0 Å². The Morgan fingerprint density at radius 3 is 1.22 bits per heavy atom. The number of nitrogens with zero attached hydrogens (tertiary/aromatic N) is 6. The lowest BCUT2D eigenvalue weighted by Crippen LogP contribution is -2.02. The highest BCUT2D eigenvalue weighted by Crippen LogP contribution is 2.34. The molecule has 14 heteroatoms. The number of rotatable bonds is 2. The maximum atomic E-state index is 10.3. The second kappa shape index (κ2) is 6.81. The fourth-order valence-electron chi connectivity index (χ4n) is 0.931. The van der Waals surface area contributed by atoms with Crippen LogP contribution in [0.2, 0.25) is 0 Å². The van der Waals surface area contributed by atoms with Gasteiger partial charge in [0.25, 0.3) is 0 Å². The number of nitrogens with two attached hydrogens (primary N) is 4. The molecule has 2 heterocycles. The first-order valence-electron chi connectivity index (χ1n) is 3.89. The highest BCUT2D eigenvalue weighted by molar-refractivity contribution is 5.38. The Morgan fingerprint density at radius 2 is 1.00 bits per heavy atom. The molecule has 2 aliphatic rings. The van der Waals surface area contributed by atoms with Gasteiger partial charge in [-0.3, -0.25) is 23.4 Å². The van der Waals surface area contributed by atoms with Crippen LogP contribution in [0, 0.1) is 20.2 Å². The molecule has 0 saturated heterocycles. The molecule has 0 spiro atoms. The van der Waals surface area contributed by atoms with E-state index in [0.717, 1.165) is 0 Å². The first kappa shape index (κ1) is 15.3. The molecule has 0 aromatic rings. The lowest BCUT2D eigenvalue weighted by Gasteiger charge is -1.85. The highest BCUT2D eigenvalue weighted by Gasteiger charge is 2.42. The van der Waals surface area contributed by atoms with Crippen LogP contribution in [0.3, 0.4) is 0 Å². The Hall–Kier alpha value is -2.68. The Labute approximate surface area is 98.0 Å². The molecular formula is C4H8N10O4. The number of hydrogen-bond donors (Lipinski definition) is 4. The van der Waals surface area contributed by atoms with Crippen LogP contribution < -0.4 is 23.4 Å². The largest absolute Gasteiger partial charge is 0.423 e. The minimum absolute atomic E-state index is 0.262. The normalized spacial score (nSPS) is 14.7. The lowest BCUT2D eigenvalue weighted by molar-refractivity contribution is -0.427. The third kappa shape index (κ3) is 2.71. The summed E-state index contributed by atoms with van der Waals surface area (Å²) in [6, 6.07) is 0. The summed E-state index contributed by atoms with van der Waals surface area (Å²) in [5.74, 6) is 14.8. The van der Waals surface area contributed by atoms with E-state index in [2.05, 4.69) is 43.8 Å². The van der Waals surface area contributed by atoms with Gasteiger partial charge in [-0.25, -0.2) is 0 Å². The van der Waals surface area contributed by atoms with E-state index in [0.29, 0.717) is 0 Å². The molecule has 2 aliphatic heterocycles. The van der Waals surface area contributed by atoms with Gasteiger partial charge in [0, 0.05) is 0 Å². The van der Waals surface area contributed by atoms with Gasteiger partial charge in [-0.15, -0.1) is 0 Å². The summed E-state index contributed by atoms with van der Waals surface area (Å²) in [7, 11) is 0. The SMILES string of the molecule is NN.NN.O=[N+]([O-])C1=C2N=NC([N+](=O)[O-])=C2N=N1. The summed E-state index contributed by atoms with van der Waals surface area (Å²) < 4.78 is 0. The average Bonchev–Trinajstić information content (AvgIpc) is 2.93. The van der Waals surface area contributed by atoms with Crippen molar-refractivity contribution in [2.24, 2.45) is 43.8 Å². The van der Waals surface area contributed by atoms with Crippen LogP contribution in [0.4, 0.5) is 0 Å². The monoisotopic (exact) mass is 260 g/mol. The lowest BCUT2D eigenvalue weighted by atomic mass is 10.3. The second-order valence-corrected chi connectivity index (χ2v) is 2.26. The predicted octanol–water partition coefficient (Wildman–Crippen LogP) is -1.55. The minimum Gasteiger partial charge on any atom is -0.358 e. The molecule has 0 atom stereocenters. The van der Waals surface area contributed by atoms with Gasteiger partial charge in [-0.2, -0.15) is 0 Å². The zero-order valence-electron chi connectivity index (χ0n) is 8.63. The van der Waals surface area contributed by atoms with Gasteiger partial charge in [0.05, 0.1) is 10.2 Å². The van der Waals surface area contributed by atoms with Crippen molar-refractivity contribution in [3.05, 3.63) is 43.3 Å².